The Kier molecular flexibility index (Phi) is 3.22. The van der Waals surface area contributed by atoms with Crippen molar-refractivity contribution < 1.29 is 18.7 Å². The lowest BCUT2D eigenvalue weighted by Gasteiger charge is -2.25. The molecule has 0 aliphatic carbocycles. The first kappa shape index (κ1) is 10.8. The molecule has 0 aromatic heterocycles. The van der Waals surface area contributed by atoms with Crippen LogP contribution in [0.2, 0.25) is 0 Å². The van der Waals surface area contributed by atoms with Gasteiger partial charge in [-0.25, -0.2) is 0 Å². The minimum atomic E-state index is -1.46. The molecule has 0 saturated carbocycles. The van der Waals surface area contributed by atoms with Crippen LogP contribution in [0.5, 0.6) is 5.75 Å². The van der Waals surface area contributed by atoms with E-state index in [1.807, 2.05) is 25.1 Å². The van der Waals surface area contributed by atoms with E-state index >= 15 is 0 Å². The minimum Gasteiger partial charge on any atom is -0.426 e. The van der Waals surface area contributed by atoms with Crippen molar-refractivity contribution in [2.75, 3.05) is 0 Å². The molecule has 2 unspecified atom stereocenters. The van der Waals surface area contributed by atoms with E-state index in [4.69, 9.17) is 18.7 Å². The molecule has 1 N–H and O–H groups in total. The Morgan fingerprint density at radius 1 is 1.53 bits per heavy atom. The first-order chi connectivity index (χ1) is 7.16. The molecule has 1 heterocycles. The van der Waals surface area contributed by atoms with Crippen molar-refractivity contribution in [3.63, 3.8) is 0 Å². The molecule has 0 saturated heterocycles. The van der Waals surface area contributed by atoms with Crippen LogP contribution in [0.3, 0.4) is 0 Å². The average molecular weight is 228 g/mol. The van der Waals surface area contributed by atoms with Crippen molar-refractivity contribution in [3.8, 4) is 5.75 Å². The standard InChI is InChI=1S/C10H13O4P/c1-7-4-3-5-9-6-12-15(13-8(2)11)14-10(7)9/h3-5,8,11H,6H2,1-2H3. The van der Waals surface area contributed by atoms with Gasteiger partial charge in [-0.15, -0.1) is 0 Å². The molecule has 0 spiro atoms. The van der Waals surface area contributed by atoms with Gasteiger partial charge in [0.2, 0.25) is 0 Å². The van der Waals surface area contributed by atoms with Crippen LogP contribution in [-0.4, -0.2) is 11.4 Å². The summed E-state index contributed by atoms with van der Waals surface area (Å²) >= 11 is 0. The molecule has 5 heteroatoms. The molecular formula is C10H13O4P. The predicted octanol–water partition coefficient (Wildman–Crippen LogP) is 2.49. The fourth-order valence-electron chi connectivity index (χ4n) is 1.36. The first-order valence-corrected chi connectivity index (χ1v) is 5.80. The van der Waals surface area contributed by atoms with Crippen LogP contribution in [0.1, 0.15) is 18.1 Å². The zero-order chi connectivity index (χ0) is 10.8. The van der Waals surface area contributed by atoms with Gasteiger partial charge in [0, 0.05) is 5.56 Å². The minimum absolute atomic E-state index is 0.468. The second-order valence-corrected chi connectivity index (χ2v) is 4.46. The fraction of sp³-hybridized carbons (Fsp3) is 0.400. The molecule has 2 rings (SSSR count). The van der Waals surface area contributed by atoms with Gasteiger partial charge in [-0.1, -0.05) is 18.2 Å². The Morgan fingerprint density at radius 2 is 2.33 bits per heavy atom. The van der Waals surface area contributed by atoms with Gasteiger partial charge in [0.05, 0.1) is 6.61 Å². The Bertz CT molecular complexity index is 353. The third kappa shape index (κ3) is 2.47. The number of benzene rings is 1. The van der Waals surface area contributed by atoms with Crippen LogP contribution in [0.4, 0.5) is 0 Å². The second kappa shape index (κ2) is 4.45. The van der Waals surface area contributed by atoms with Crippen LogP contribution in [-0.2, 0) is 15.7 Å². The molecule has 1 aromatic rings. The highest BCUT2D eigenvalue weighted by Crippen LogP contribution is 2.48. The number of aliphatic hydroxyl groups is 1. The molecule has 2 atom stereocenters. The maximum absolute atomic E-state index is 9.06. The van der Waals surface area contributed by atoms with E-state index < -0.39 is 14.9 Å². The van der Waals surface area contributed by atoms with E-state index in [1.54, 1.807) is 0 Å². The molecule has 1 aliphatic rings. The SMILES string of the molecule is Cc1cccc2c1OP(OC(C)O)OC2. The van der Waals surface area contributed by atoms with Crippen molar-refractivity contribution in [1.29, 1.82) is 0 Å². The Balaban J connectivity index is 2.15. The first-order valence-electron chi connectivity index (χ1n) is 4.71. The Labute approximate surface area is 89.8 Å². The molecule has 1 aromatic carbocycles. The molecule has 1 aliphatic heterocycles. The zero-order valence-corrected chi connectivity index (χ0v) is 9.53. The maximum Gasteiger partial charge on any atom is 0.399 e. The van der Waals surface area contributed by atoms with Gasteiger partial charge < -0.3 is 9.63 Å². The third-order valence-corrected chi connectivity index (χ3v) is 3.17. The van der Waals surface area contributed by atoms with Gasteiger partial charge in [0.25, 0.3) is 0 Å². The van der Waals surface area contributed by atoms with Crippen LogP contribution in [0, 0.1) is 6.92 Å². The van der Waals surface area contributed by atoms with Crippen LogP contribution >= 0.6 is 8.60 Å². The van der Waals surface area contributed by atoms with Gasteiger partial charge in [0.15, 0.2) is 6.29 Å². The number of hydrogen-bond acceptors (Lipinski definition) is 4. The number of hydrogen-bond donors (Lipinski definition) is 1. The van der Waals surface area contributed by atoms with Crippen molar-refractivity contribution in [3.05, 3.63) is 29.3 Å². The smallest absolute Gasteiger partial charge is 0.399 e. The van der Waals surface area contributed by atoms with E-state index in [9.17, 15) is 0 Å². The monoisotopic (exact) mass is 228 g/mol. The molecular weight excluding hydrogens is 215 g/mol. The number of fused-ring (bicyclic) bond motifs is 1. The van der Waals surface area contributed by atoms with Gasteiger partial charge in [0.1, 0.15) is 5.75 Å². The van der Waals surface area contributed by atoms with Crippen LogP contribution in [0.25, 0.3) is 0 Å². The summed E-state index contributed by atoms with van der Waals surface area (Å²) < 4.78 is 15.9. The molecule has 4 nitrogen and oxygen atoms in total. The quantitative estimate of drug-likeness (QED) is 0.624. The summed E-state index contributed by atoms with van der Waals surface area (Å²) in [6.07, 6.45) is -0.873. The summed E-state index contributed by atoms with van der Waals surface area (Å²) in [7, 11) is -1.46. The Hall–Kier alpha value is -0.670. The molecule has 15 heavy (non-hydrogen) atoms. The molecule has 82 valence electrons. The largest absolute Gasteiger partial charge is 0.426 e. The van der Waals surface area contributed by atoms with Crippen molar-refractivity contribution in [1.82, 2.24) is 0 Å². The van der Waals surface area contributed by atoms with Crippen molar-refractivity contribution >= 4 is 8.60 Å². The summed E-state index contributed by atoms with van der Waals surface area (Å²) in [5.74, 6) is 0.815. The molecule has 0 amide bonds. The van der Waals surface area contributed by atoms with E-state index in [0.29, 0.717) is 6.61 Å². The van der Waals surface area contributed by atoms with Gasteiger partial charge in [-0.05, 0) is 19.4 Å². The topological polar surface area (TPSA) is 47.9 Å². The molecule has 0 radical (unpaired) electrons. The average Bonchev–Trinajstić information content (AvgIpc) is 2.18. The van der Waals surface area contributed by atoms with Crippen molar-refractivity contribution in [2.45, 2.75) is 26.7 Å². The third-order valence-electron chi connectivity index (χ3n) is 2.02. The number of aliphatic hydroxyl groups excluding tert-OH is 1. The highest BCUT2D eigenvalue weighted by Gasteiger charge is 2.25. The van der Waals surface area contributed by atoms with E-state index in [1.165, 1.54) is 6.92 Å². The van der Waals surface area contributed by atoms with Crippen LogP contribution < -0.4 is 4.52 Å². The van der Waals surface area contributed by atoms with Gasteiger partial charge >= 0.3 is 8.60 Å². The lowest BCUT2D eigenvalue weighted by atomic mass is 10.1. The maximum atomic E-state index is 9.06. The highest BCUT2D eigenvalue weighted by molar-refractivity contribution is 7.42. The van der Waals surface area contributed by atoms with E-state index in [-0.39, 0.29) is 0 Å². The normalized spacial score (nSPS) is 21.7. The Morgan fingerprint density at radius 3 is 3.07 bits per heavy atom. The predicted molar refractivity (Wildman–Crippen MR) is 56.3 cm³/mol. The number of aryl methyl sites for hydroxylation is 1. The van der Waals surface area contributed by atoms with Gasteiger partial charge in [-0.2, -0.15) is 0 Å². The summed E-state index contributed by atoms with van der Waals surface area (Å²) in [6, 6.07) is 5.89. The van der Waals surface area contributed by atoms with Crippen molar-refractivity contribution in [2.24, 2.45) is 0 Å². The highest BCUT2D eigenvalue weighted by atomic mass is 31.2. The summed E-state index contributed by atoms with van der Waals surface area (Å²) in [5, 5.41) is 9.06. The van der Waals surface area contributed by atoms with Gasteiger partial charge in [-0.3, -0.25) is 9.05 Å². The summed E-state index contributed by atoms with van der Waals surface area (Å²) in [5.41, 5.74) is 2.07. The van der Waals surface area contributed by atoms with Crippen LogP contribution in [0.15, 0.2) is 18.2 Å². The summed E-state index contributed by atoms with van der Waals surface area (Å²) in [4.78, 5) is 0. The second-order valence-electron chi connectivity index (χ2n) is 3.36. The van der Waals surface area contributed by atoms with E-state index in [0.717, 1.165) is 16.9 Å². The number of rotatable bonds is 2. The zero-order valence-electron chi connectivity index (χ0n) is 8.64. The number of para-hydroxylation sites is 1. The van der Waals surface area contributed by atoms with E-state index in [2.05, 4.69) is 0 Å². The lowest BCUT2D eigenvalue weighted by molar-refractivity contribution is -0.0152. The molecule has 0 fully saturated rings. The fourth-order valence-corrected chi connectivity index (χ4v) is 2.42. The lowest BCUT2D eigenvalue weighted by Crippen LogP contribution is -2.11. The molecule has 0 bridgehead atoms. The summed E-state index contributed by atoms with van der Waals surface area (Å²) in [6.45, 7) is 3.97.